The molecule has 1 aliphatic rings. The predicted octanol–water partition coefficient (Wildman–Crippen LogP) is 1.80. The number of likely N-dealkylation sites (tertiary alicyclic amines) is 1. The molecule has 0 aromatic rings. The van der Waals surface area contributed by atoms with Crippen LogP contribution in [0.15, 0.2) is 0 Å². The maximum Gasteiger partial charge on any atom is 0.317 e. The van der Waals surface area contributed by atoms with E-state index in [1.54, 1.807) is 12.0 Å². The van der Waals surface area contributed by atoms with E-state index in [1.807, 2.05) is 0 Å². The van der Waals surface area contributed by atoms with Crippen LogP contribution < -0.4 is 5.32 Å². The van der Waals surface area contributed by atoms with Gasteiger partial charge < -0.3 is 20.1 Å². The normalized spacial score (nSPS) is 19.8. The lowest BCUT2D eigenvalue weighted by Crippen LogP contribution is -2.41. The molecular formula is C15H28N2O4. The highest BCUT2D eigenvalue weighted by Gasteiger charge is 2.26. The predicted molar refractivity (Wildman–Crippen MR) is 80.2 cm³/mol. The van der Waals surface area contributed by atoms with Crippen molar-refractivity contribution in [3.8, 4) is 0 Å². The van der Waals surface area contributed by atoms with Crippen molar-refractivity contribution in [1.82, 2.24) is 10.2 Å². The second kappa shape index (κ2) is 8.87. The van der Waals surface area contributed by atoms with E-state index in [4.69, 9.17) is 9.84 Å². The van der Waals surface area contributed by atoms with Crippen molar-refractivity contribution in [3.05, 3.63) is 0 Å². The average Bonchev–Trinajstić information content (AvgIpc) is 2.83. The zero-order valence-corrected chi connectivity index (χ0v) is 13.3. The highest BCUT2D eigenvalue weighted by molar-refractivity contribution is 5.74. The highest BCUT2D eigenvalue weighted by atomic mass is 16.5. The first-order chi connectivity index (χ1) is 9.92. The van der Waals surface area contributed by atoms with Crippen molar-refractivity contribution in [2.24, 2.45) is 17.8 Å². The van der Waals surface area contributed by atoms with Crippen LogP contribution in [0.25, 0.3) is 0 Å². The molecule has 2 unspecified atom stereocenters. The number of rotatable bonds is 8. The standard InChI is InChI=1S/C15H28N2O4/c1-11(2)6-13(7-14(18)19)8-16-15(20)17-5-4-12(9-17)10-21-3/h11-13H,4-10H2,1-3H3,(H,16,20)(H,18,19). The number of aliphatic carboxylic acids is 1. The minimum atomic E-state index is -0.809. The molecule has 1 aliphatic heterocycles. The molecule has 2 atom stereocenters. The molecule has 1 heterocycles. The van der Waals surface area contributed by atoms with Crippen LogP contribution in [-0.4, -0.2) is 55.4 Å². The van der Waals surface area contributed by atoms with Crippen molar-refractivity contribution in [3.63, 3.8) is 0 Å². The number of carboxylic acid groups (broad SMARTS) is 1. The van der Waals surface area contributed by atoms with Gasteiger partial charge in [-0.15, -0.1) is 0 Å². The first-order valence-electron chi connectivity index (χ1n) is 7.65. The number of carbonyl (C=O) groups excluding carboxylic acids is 1. The fourth-order valence-corrected chi connectivity index (χ4v) is 2.88. The molecule has 2 N–H and O–H groups in total. The molecule has 122 valence electrons. The third-order valence-corrected chi connectivity index (χ3v) is 3.79. The van der Waals surface area contributed by atoms with Crippen LogP contribution in [0, 0.1) is 17.8 Å². The van der Waals surface area contributed by atoms with Gasteiger partial charge in [0.25, 0.3) is 0 Å². The fourth-order valence-electron chi connectivity index (χ4n) is 2.88. The summed E-state index contributed by atoms with van der Waals surface area (Å²) in [4.78, 5) is 24.8. The molecule has 0 aromatic carbocycles. The van der Waals surface area contributed by atoms with Crippen LogP contribution >= 0.6 is 0 Å². The lowest BCUT2D eigenvalue weighted by atomic mass is 9.94. The van der Waals surface area contributed by atoms with Gasteiger partial charge in [-0.25, -0.2) is 4.79 Å². The number of nitrogens with zero attached hydrogens (tertiary/aromatic N) is 1. The van der Waals surface area contributed by atoms with Crippen molar-refractivity contribution < 1.29 is 19.4 Å². The van der Waals surface area contributed by atoms with E-state index in [1.165, 1.54) is 0 Å². The number of hydrogen-bond acceptors (Lipinski definition) is 3. The maximum absolute atomic E-state index is 12.1. The van der Waals surface area contributed by atoms with E-state index in [9.17, 15) is 9.59 Å². The lowest BCUT2D eigenvalue weighted by Gasteiger charge is -2.21. The topological polar surface area (TPSA) is 78.9 Å². The summed E-state index contributed by atoms with van der Waals surface area (Å²) in [7, 11) is 1.67. The third kappa shape index (κ3) is 6.80. The summed E-state index contributed by atoms with van der Waals surface area (Å²) in [5, 5.41) is 11.8. The van der Waals surface area contributed by atoms with Gasteiger partial charge in [0.05, 0.1) is 6.61 Å². The molecule has 1 saturated heterocycles. The quantitative estimate of drug-likeness (QED) is 0.716. The molecule has 21 heavy (non-hydrogen) atoms. The number of methoxy groups -OCH3 is 1. The molecule has 2 amide bonds. The molecule has 1 rings (SSSR count). The number of carboxylic acids is 1. The van der Waals surface area contributed by atoms with Crippen molar-refractivity contribution >= 4 is 12.0 Å². The average molecular weight is 300 g/mol. The molecule has 0 aliphatic carbocycles. The summed E-state index contributed by atoms with van der Waals surface area (Å²) in [6, 6.07) is -0.0900. The van der Waals surface area contributed by atoms with Gasteiger partial charge in [0.1, 0.15) is 0 Å². The van der Waals surface area contributed by atoms with E-state index in [-0.39, 0.29) is 18.4 Å². The number of urea groups is 1. The zero-order valence-electron chi connectivity index (χ0n) is 13.3. The first kappa shape index (κ1) is 17.8. The number of hydrogen-bond donors (Lipinski definition) is 2. The maximum atomic E-state index is 12.1. The largest absolute Gasteiger partial charge is 0.481 e. The Morgan fingerprint density at radius 1 is 1.43 bits per heavy atom. The number of amides is 2. The molecular weight excluding hydrogens is 272 g/mol. The van der Waals surface area contributed by atoms with Crippen molar-refractivity contribution in [2.75, 3.05) is 33.4 Å². The molecule has 0 bridgehead atoms. The van der Waals surface area contributed by atoms with Gasteiger partial charge in [0.15, 0.2) is 0 Å². The Morgan fingerprint density at radius 3 is 2.71 bits per heavy atom. The van der Waals surface area contributed by atoms with Crippen LogP contribution in [-0.2, 0) is 9.53 Å². The molecule has 6 nitrogen and oxygen atoms in total. The number of carbonyl (C=O) groups is 2. The van der Waals surface area contributed by atoms with Crippen LogP contribution in [0.4, 0.5) is 4.79 Å². The van der Waals surface area contributed by atoms with Crippen LogP contribution in [0.2, 0.25) is 0 Å². The summed E-state index contributed by atoms with van der Waals surface area (Å²) in [6.45, 7) is 6.69. The SMILES string of the molecule is COCC1CCN(C(=O)NCC(CC(=O)O)CC(C)C)C1. The van der Waals surface area contributed by atoms with E-state index in [0.717, 1.165) is 19.4 Å². The van der Waals surface area contributed by atoms with E-state index >= 15 is 0 Å². The van der Waals surface area contributed by atoms with Gasteiger partial charge >= 0.3 is 12.0 Å². The zero-order chi connectivity index (χ0) is 15.8. The van der Waals surface area contributed by atoms with E-state index in [2.05, 4.69) is 19.2 Å². The Kier molecular flexibility index (Phi) is 7.50. The van der Waals surface area contributed by atoms with Gasteiger partial charge in [-0.1, -0.05) is 13.8 Å². The molecule has 0 radical (unpaired) electrons. The Morgan fingerprint density at radius 2 is 2.14 bits per heavy atom. The summed E-state index contributed by atoms with van der Waals surface area (Å²) in [5.41, 5.74) is 0. The van der Waals surface area contributed by atoms with E-state index < -0.39 is 5.97 Å². The smallest absolute Gasteiger partial charge is 0.317 e. The minimum Gasteiger partial charge on any atom is -0.481 e. The molecule has 1 fully saturated rings. The Bertz CT molecular complexity index is 347. The summed E-state index contributed by atoms with van der Waals surface area (Å²) < 4.78 is 5.12. The van der Waals surface area contributed by atoms with Gasteiger partial charge in [0, 0.05) is 39.1 Å². The molecule has 0 aromatic heterocycles. The van der Waals surface area contributed by atoms with E-state index in [0.29, 0.717) is 31.5 Å². The van der Waals surface area contributed by atoms with Crippen LogP contribution in [0.1, 0.15) is 33.1 Å². The Balaban J connectivity index is 2.37. The minimum absolute atomic E-state index is 0.0103. The first-order valence-corrected chi connectivity index (χ1v) is 7.65. The van der Waals surface area contributed by atoms with Gasteiger partial charge in [-0.3, -0.25) is 4.79 Å². The second-order valence-electron chi connectivity index (χ2n) is 6.34. The monoisotopic (exact) mass is 300 g/mol. The number of ether oxygens (including phenoxy) is 1. The molecule has 0 saturated carbocycles. The van der Waals surface area contributed by atoms with Gasteiger partial charge in [-0.2, -0.15) is 0 Å². The Hall–Kier alpha value is -1.30. The fraction of sp³-hybridized carbons (Fsp3) is 0.867. The Labute approximate surface area is 126 Å². The molecule has 0 spiro atoms. The van der Waals surface area contributed by atoms with Crippen molar-refractivity contribution in [2.45, 2.75) is 33.1 Å². The summed E-state index contributed by atoms with van der Waals surface area (Å²) in [6.07, 6.45) is 1.87. The van der Waals surface area contributed by atoms with Crippen LogP contribution in [0.5, 0.6) is 0 Å². The summed E-state index contributed by atoms with van der Waals surface area (Å²) in [5.74, 6) is 0.00964. The van der Waals surface area contributed by atoms with Crippen LogP contribution in [0.3, 0.4) is 0 Å². The highest BCUT2D eigenvalue weighted by Crippen LogP contribution is 2.17. The molecule has 6 heteroatoms. The third-order valence-electron chi connectivity index (χ3n) is 3.79. The van der Waals surface area contributed by atoms with Gasteiger partial charge in [0.2, 0.25) is 0 Å². The van der Waals surface area contributed by atoms with Gasteiger partial charge in [-0.05, 0) is 24.7 Å². The van der Waals surface area contributed by atoms with Crippen molar-refractivity contribution in [1.29, 1.82) is 0 Å². The second-order valence-corrected chi connectivity index (χ2v) is 6.34. The number of nitrogens with one attached hydrogen (secondary N) is 1. The summed E-state index contributed by atoms with van der Waals surface area (Å²) >= 11 is 0. The lowest BCUT2D eigenvalue weighted by molar-refractivity contribution is -0.138.